The molecular weight excluding hydrogens is 333 g/mol. The normalized spacial score (nSPS) is 17.1. The van der Waals surface area contributed by atoms with E-state index in [1.165, 1.54) is 12.1 Å². The predicted molar refractivity (Wildman–Crippen MR) is 88.6 cm³/mol. The van der Waals surface area contributed by atoms with Gasteiger partial charge in [0.25, 0.3) is 6.02 Å². The monoisotopic (exact) mass is 350 g/mol. The fourth-order valence-electron chi connectivity index (χ4n) is 2.48. The molecular formula is C17H17F3N4O. The van der Waals surface area contributed by atoms with Crippen LogP contribution in [0.25, 0.3) is 0 Å². The largest absolute Gasteiger partial charge is 0.463 e. The molecule has 0 aliphatic carbocycles. The molecule has 1 aliphatic rings. The molecule has 8 heteroatoms. The fourth-order valence-corrected chi connectivity index (χ4v) is 2.48. The van der Waals surface area contributed by atoms with Crippen molar-refractivity contribution in [3.05, 3.63) is 53.7 Å². The Labute approximate surface area is 142 Å². The van der Waals surface area contributed by atoms with E-state index in [0.717, 1.165) is 24.5 Å². The number of hydrogen-bond donors (Lipinski definition) is 2. The number of nitrogens with zero attached hydrogens (tertiary/aromatic N) is 2. The number of aryl methyl sites for hydroxylation is 1. The third-order valence-electron chi connectivity index (χ3n) is 3.77. The lowest BCUT2D eigenvalue weighted by Crippen LogP contribution is -2.10. The number of amidine groups is 1. The van der Waals surface area contributed by atoms with Crippen molar-refractivity contribution in [2.24, 2.45) is 10.7 Å². The molecule has 0 bridgehead atoms. The summed E-state index contributed by atoms with van der Waals surface area (Å²) in [7, 11) is 0. The van der Waals surface area contributed by atoms with E-state index in [4.69, 9.17) is 10.5 Å². The lowest BCUT2D eigenvalue weighted by Gasteiger charge is -2.10. The van der Waals surface area contributed by atoms with Gasteiger partial charge in [-0.25, -0.2) is 9.98 Å². The van der Waals surface area contributed by atoms with E-state index in [-0.39, 0.29) is 17.9 Å². The van der Waals surface area contributed by atoms with Crippen LogP contribution in [0.4, 0.5) is 24.7 Å². The molecule has 1 aromatic heterocycles. The first-order valence-electron chi connectivity index (χ1n) is 7.76. The summed E-state index contributed by atoms with van der Waals surface area (Å²) < 4.78 is 43.1. The Balaban J connectivity index is 1.59. The van der Waals surface area contributed by atoms with Gasteiger partial charge in [0.2, 0.25) is 0 Å². The fraction of sp³-hybridized carbons (Fsp3) is 0.294. The van der Waals surface area contributed by atoms with Crippen LogP contribution in [0.15, 0.2) is 47.5 Å². The van der Waals surface area contributed by atoms with Gasteiger partial charge in [-0.1, -0.05) is 18.2 Å². The van der Waals surface area contributed by atoms with Crippen molar-refractivity contribution in [2.45, 2.75) is 25.1 Å². The summed E-state index contributed by atoms with van der Waals surface area (Å²) in [5.74, 6) is 0.149. The van der Waals surface area contributed by atoms with Gasteiger partial charge in [-0.05, 0) is 42.7 Å². The molecule has 0 amide bonds. The molecule has 1 aromatic carbocycles. The van der Waals surface area contributed by atoms with Crippen LogP contribution in [0, 0.1) is 0 Å². The van der Waals surface area contributed by atoms with Gasteiger partial charge in [0.05, 0.1) is 6.04 Å². The smallest absolute Gasteiger partial charge is 0.433 e. The zero-order valence-electron chi connectivity index (χ0n) is 13.3. The third kappa shape index (κ3) is 4.62. The number of nitrogens with one attached hydrogen (secondary N) is 1. The molecule has 2 heterocycles. The van der Waals surface area contributed by atoms with Gasteiger partial charge in [0, 0.05) is 5.69 Å². The number of halogens is 3. The summed E-state index contributed by atoms with van der Waals surface area (Å²) in [5, 5.41) is 2.88. The lowest BCUT2D eigenvalue weighted by atomic mass is 10.1. The number of aromatic nitrogens is 1. The first-order chi connectivity index (χ1) is 11.9. The van der Waals surface area contributed by atoms with E-state index in [9.17, 15) is 13.2 Å². The highest BCUT2D eigenvalue weighted by atomic mass is 19.4. The van der Waals surface area contributed by atoms with Crippen molar-refractivity contribution in [3.8, 4) is 0 Å². The summed E-state index contributed by atoms with van der Waals surface area (Å²) in [6.07, 6.45) is -2.83. The summed E-state index contributed by atoms with van der Waals surface area (Å²) in [4.78, 5) is 7.75. The molecule has 0 unspecified atom stereocenters. The molecule has 5 nitrogen and oxygen atoms in total. The van der Waals surface area contributed by atoms with Gasteiger partial charge in [0.15, 0.2) is 0 Å². The Morgan fingerprint density at radius 2 is 1.92 bits per heavy atom. The van der Waals surface area contributed by atoms with Crippen LogP contribution in [0.3, 0.4) is 0 Å². The lowest BCUT2D eigenvalue weighted by molar-refractivity contribution is -0.141. The zero-order valence-corrected chi connectivity index (χ0v) is 13.3. The van der Waals surface area contributed by atoms with Gasteiger partial charge in [-0.3, -0.25) is 0 Å². The van der Waals surface area contributed by atoms with Gasteiger partial charge in [-0.2, -0.15) is 13.2 Å². The average molecular weight is 350 g/mol. The number of aliphatic imine (C=N–C) groups is 1. The van der Waals surface area contributed by atoms with Gasteiger partial charge >= 0.3 is 6.18 Å². The van der Waals surface area contributed by atoms with Crippen molar-refractivity contribution in [1.29, 1.82) is 0 Å². The van der Waals surface area contributed by atoms with E-state index in [2.05, 4.69) is 15.3 Å². The van der Waals surface area contributed by atoms with E-state index >= 15 is 0 Å². The van der Waals surface area contributed by atoms with E-state index in [1.54, 1.807) is 12.1 Å². The van der Waals surface area contributed by atoms with E-state index in [0.29, 0.717) is 12.3 Å². The van der Waals surface area contributed by atoms with E-state index in [1.807, 2.05) is 12.1 Å². The van der Waals surface area contributed by atoms with E-state index < -0.39 is 11.9 Å². The molecule has 132 valence electrons. The molecule has 3 rings (SSSR count). The standard InChI is InChI=1S/C17H17F3N4O/c18-17(19,20)14-2-1-3-15(24-14)22-12-7-4-11(5-8-12)6-9-13-10-25-16(21)23-13/h1-5,7-8,13H,6,9-10H2,(H2,21,23)(H,22,24)/t13-/m0/s1. The van der Waals surface area contributed by atoms with Gasteiger partial charge in [0.1, 0.15) is 18.1 Å². The first-order valence-corrected chi connectivity index (χ1v) is 7.76. The number of ether oxygens (including phenoxy) is 1. The Morgan fingerprint density at radius 3 is 2.56 bits per heavy atom. The Bertz CT molecular complexity index is 759. The first kappa shape index (κ1) is 17.1. The topological polar surface area (TPSA) is 72.5 Å². The highest BCUT2D eigenvalue weighted by Gasteiger charge is 2.32. The molecule has 0 saturated carbocycles. The highest BCUT2D eigenvalue weighted by Crippen LogP contribution is 2.28. The third-order valence-corrected chi connectivity index (χ3v) is 3.77. The molecule has 1 aliphatic heterocycles. The summed E-state index contributed by atoms with van der Waals surface area (Å²) in [6, 6.07) is 11.5. The Hall–Kier alpha value is -2.77. The molecule has 1 atom stereocenters. The van der Waals surface area contributed by atoms with Crippen molar-refractivity contribution in [2.75, 3.05) is 11.9 Å². The maximum absolute atomic E-state index is 12.7. The van der Waals surface area contributed by atoms with Crippen LogP contribution in [-0.4, -0.2) is 23.7 Å². The number of rotatable bonds is 5. The summed E-state index contributed by atoms with van der Waals surface area (Å²) in [6.45, 7) is 0.507. The zero-order chi connectivity index (χ0) is 17.9. The molecule has 0 saturated heterocycles. The molecule has 0 fully saturated rings. The van der Waals surface area contributed by atoms with Crippen LogP contribution in [0.1, 0.15) is 17.7 Å². The molecule has 2 aromatic rings. The molecule has 0 radical (unpaired) electrons. The average Bonchev–Trinajstić information content (AvgIpc) is 2.99. The van der Waals surface area contributed by atoms with Crippen LogP contribution in [0.2, 0.25) is 0 Å². The second kappa shape index (κ2) is 7.00. The summed E-state index contributed by atoms with van der Waals surface area (Å²) >= 11 is 0. The second-order valence-corrected chi connectivity index (χ2v) is 5.70. The minimum Gasteiger partial charge on any atom is -0.463 e. The van der Waals surface area contributed by atoms with Crippen molar-refractivity contribution in [3.63, 3.8) is 0 Å². The number of alkyl halides is 3. The van der Waals surface area contributed by atoms with Gasteiger partial charge in [-0.15, -0.1) is 0 Å². The predicted octanol–water partition coefficient (Wildman–Crippen LogP) is 3.49. The van der Waals surface area contributed by atoms with Crippen molar-refractivity contribution >= 4 is 17.5 Å². The maximum atomic E-state index is 12.7. The minimum atomic E-state index is -4.46. The Kier molecular flexibility index (Phi) is 4.78. The van der Waals surface area contributed by atoms with Crippen LogP contribution in [0.5, 0.6) is 0 Å². The van der Waals surface area contributed by atoms with Crippen LogP contribution < -0.4 is 11.1 Å². The summed E-state index contributed by atoms with van der Waals surface area (Å²) in [5.41, 5.74) is 6.31. The minimum absolute atomic E-state index is 0.0760. The van der Waals surface area contributed by atoms with Crippen LogP contribution >= 0.6 is 0 Å². The Morgan fingerprint density at radius 1 is 1.16 bits per heavy atom. The number of nitrogens with two attached hydrogens (primary N) is 1. The maximum Gasteiger partial charge on any atom is 0.433 e. The number of benzene rings is 1. The van der Waals surface area contributed by atoms with Gasteiger partial charge < -0.3 is 15.8 Å². The highest BCUT2D eigenvalue weighted by molar-refractivity contribution is 5.73. The number of hydrogen-bond acceptors (Lipinski definition) is 5. The second-order valence-electron chi connectivity index (χ2n) is 5.70. The molecule has 3 N–H and O–H groups in total. The number of pyridine rings is 1. The molecule has 0 spiro atoms. The molecule has 25 heavy (non-hydrogen) atoms. The van der Waals surface area contributed by atoms with Crippen LogP contribution in [-0.2, 0) is 17.3 Å². The van der Waals surface area contributed by atoms with Crippen molar-refractivity contribution in [1.82, 2.24) is 4.98 Å². The quantitative estimate of drug-likeness (QED) is 0.866. The van der Waals surface area contributed by atoms with Crippen molar-refractivity contribution < 1.29 is 17.9 Å². The SMILES string of the molecule is NC1=N[C@@H](CCc2ccc(Nc3cccc(C(F)(F)F)n3)cc2)CO1. The number of anilines is 2.